The number of ether oxygens (including phenoxy) is 3. The van der Waals surface area contributed by atoms with E-state index in [4.69, 9.17) is 19.5 Å². The van der Waals surface area contributed by atoms with Crippen LogP contribution in [0.2, 0.25) is 0 Å². The molecule has 5 heteroatoms. The van der Waals surface area contributed by atoms with Gasteiger partial charge in [0, 0.05) is 25.8 Å². The molecule has 20 heavy (non-hydrogen) atoms. The zero-order valence-corrected chi connectivity index (χ0v) is 12.1. The summed E-state index contributed by atoms with van der Waals surface area (Å²) < 4.78 is 15.5. The van der Waals surface area contributed by atoms with Gasteiger partial charge in [-0.05, 0) is 31.2 Å². The van der Waals surface area contributed by atoms with Crippen LogP contribution in [-0.2, 0) is 16.0 Å². The van der Waals surface area contributed by atoms with Gasteiger partial charge in [0.05, 0.1) is 32.0 Å². The third kappa shape index (κ3) is 6.02. The maximum atomic E-state index is 8.90. The average molecular weight is 278 g/mol. The van der Waals surface area contributed by atoms with Crippen molar-refractivity contribution in [1.82, 2.24) is 5.32 Å². The summed E-state index contributed by atoms with van der Waals surface area (Å²) in [5.74, 6) is 0.799. The highest BCUT2D eigenvalue weighted by Crippen LogP contribution is 2.19. The molecule has 0 heterocycles. The summed E-state index contributed by atoms with van der Waals surface area (Å²) in [7, 11) is 3.29. The Labute approximate surface area is 120 Å². The molecule has 0 aliphatic heterocycles. The molecule has 0 unspecified atom stereocenters. The van der Waals surface area contributed by atoms with E-state index < -0.39 is 0 Å². The summed E-state index contributed by atoms with van der Waals surface area (Å²) in [6, 6.07) is 7.56. The molecule has 0 spiro atoms. The molecular formula is C15H22N2O3. The molecule has 0 saturated heterocycles. The van der Waals surface area contributed by atoms with E-state index in [1.54, 1.807) is 20.3 Å². The third-order valence-electron chi connectivity index (χ3n) is 2.80. The van der Waals surface area contributed by atoms with Crippen LogP contribution < -0.4 is 10.1 Å². The molecule has 0 aliphatic rings. The molecule has 5 nitrogen and oxygen atoms in total. The molecule has 0 saturated carbocycles. The van der Waals surface area contributed by atoms with Crippen molar-refractivity contribution in [2.75, 3.05) is 40.6 Å². The normalized spacial score (nSPS) is 10.2. The third-order valence-corrected chi connectivity index (χ3v) is 2.80. The fourth-order valence-electron chi connectivity index (χ4n) is 1.75. The Morgan fingerprint density at radius 2 is 2.05 bits per heavy atom. The van der Waals surface area contributed by atoms with Gasteiger partial charge in [0.2, 0.25) is 0 Å². The number of nitrogens with zero attached hydrogens (tertiary/aromatic N) is 1. The molecule has 1 N–H and O–H groups in total. The van der Waals surface area contributed by atoms with E-state index in [1.165, 1.54) is 0 Å². The van der Waals surface area contributed by atoms with Crippen molar-refractivity contribution in [3.8, 4) is 11.8 Å². The van der Waals surface area contributed by atoms with Crippen molar-refractivity contribution in [3.63, 3.8) is 0 Å². The van der Waals surface area contributed by atoms with Crippen LogP contribution in [0, 0.1) is 11.3 Å². The fraction of sp³-hybridized carbons (Fsp3) is 0.533. The van der Waals surface area contributed by atoms with Crippen LogP contribution >= 0.6 is 0 Å². The summed E-state index contributed by atoms with van der Waals surface area (Å²) >= 11 is 0. The zero-order chi connectivity index (χ0) is 14.6. The summed E-state index contributed by atoms with van der Waals surface area (Å²) in [4.78, 5) is 0. The predicted molar refractivity (Wildman–Crippen MR) is 76.7 cm³/mol. The first-order chi connectivity index (χ1) is 9.81. The number of nitriles is 1. The maximum absolute atomic E-state index is 8.90. The SMILES string of the molecule is COCCOCCCNCc1cc(C#N)ccc1OC. The molecule has 1 aromatic carbocycles. The number of hydrogen-bond acceptors (Lipinski definition) is 5. The number of methoxy groups -OCH3 is 2. The van der Waals surface area contributed by atoms with Crippen molar-refractivity contribution in [2.45, 2.75) is 13.0 Å². The number of hydrogen-bond donors (Lipinski definition) is 1. The minimum Gasteiger partial charge on any atom is -0.496 e. The molecule has 0 aromatic heterocycles. The van der Waals surface area contributed by atoms with Gasteiger partial charge in [0.1, 0.15) is 5.75 Å². The monoisotopic (exact) mass is 278 g/mol. The Morgan fingerprint density at radius 1 is 1.20 bits per heavy atom. The molecular weight excluding hydrogens is 256 g/mol. The van der Waals surface area contributed by atoms with Crippen LogP contribution in [0.3, 0.4) is 0 Å². The largest absolute Gasteiger partial charge is 0.496 e. The lowest BCUT2D eigenvalue weighted by molar-refractivity contribution is 0.0694. The van der Waals surface area contributed by atoms with Crippen molar-refractivity contribution >= 4 is 0 Å². The Hall–Kier alpha value is -1.61. The van der Waals surface area contributed by atoms with Crippen LogP contribution in [-0.4, -0.2) is 40.6 Å². The van der Waals surface area contributed by atoms with Crippen LogP contribution in [0.1, 0.15) is 17.5 Å². The van der Waals surface area contributed by atoms with E-state index in [9.17, 15) is 0 Å². The molecule has 0 bridgehead atoms. The predicted octanol–water partition coefficient (Wildman–Crippen LogP) is 1.71. The topological polar surface area (TPSA) is 63.5 Å². The van der Waals surface area contributed by atoms with Gasteiger partial charge < -0.3 is 19.5 Å². The second kappa shape index (κ2) is 10.2. The fourth-order valence-corrected chi connectivity index (χ4v) is 1.75. The van der Waals surface area contributed by atoms with Gasteiger partial charge in [-0.3, -0.25) is 0 Å². The summed E-state index contributed by atoms with van der Waals surface area (Å²) in [6.45, 7) is 3.51. The molecule has 0 amide bonds. The van der Waals surface area contributed by atoms with Gasteiger partial charge in [0.15, 0.2) is 0 Å². The van der Waals surface area contributed by atoms with Crippen molar-refractivity contribution in [3.05, 3.63) is 29.3 Å². The van der Waals surface area contributed by atoms with E-state index >= 15 is 0 Å². The van der Waals surface area contributed by atoms with E-state index in [0.717, 1.165) is 24.3 Å². The number of benzene rings is 1. The average Bonchev–Trinajstić information content (AvgIpc) is 2.49. The Bertz CT molecular complexity index is 430. The second-order valence-corrected chi connectivity index (χ2v) is 4.27. The van der Waals surface area contributed by atoms with Gasteiger partial charge >= 0.3 is 0 Å². The summed E-state index contributed by atoms with van der Waals surface area (Å²) in [5, 5.41) is 12.2. The second-order valence-electron chi connectivity index (χ2n) is 4.27. The maximum Gasteiger partial charge on any atom is 0.123 e. The zero-order valence-electron chi connectivity index (χ0n) is 12.1. The van der Waals surface area contributed by atoms with Gasteiger partial charge in [-0.1, -0.05) is 0 Å². The Balaban J connectivity index is 2.26. The van der Waals surface area contributed by atoms with Crippen molar-refractivity contribution < 1.29 is 14.2 Å². The summed E-state index contributed by atoms with van der Waals surface area (Å²) in [5.41, 5.74) is 1.64. The molecule has 0 atom stereocenters. The van der Waals surface area contributed by atoms with E-state index in [1.807, 2.05) is 12.1 Å². The van der Waals surface area contributed by atoms with Gasteiger partial charge in [0.25, 0.3) is 0 Å². The Morgan fingerprint density at radius 3 is 2.75 bits per heavy atom. The first-order valence-corrected chi connectivity index (χ1v) is 6.66. The molecule has 1 aromatic rings. The first kappa shape index (κ1) is 16.4. The minimum absolute atomic E-state index is 0.631. The molecule has 110 valence electrons. The smallest absolute Gasteiger partial charge is 0.123 e. The lowest BCUT2D eigenvalue weighted by Gasteiger charge is -2.10. The van der Waals surface area contributed by atoms with Crippen LogP contribution in [0.15, 0.2) is 18.2 Å². The standard InChI is InChI=1S/C15H22N2O3/c1-18-8-9-20-7-3-6-17-12-14-10-13(11-16)4-5-15(14)19-2/h4-5,10,17H,3,6-9,12H2,1-2H3. The molecule has 0 radical (unpaired) electrons. The first-order valence-electron chi connectivity index (χ1n) is 6.66. The highest BCUT2D eigenvalue weighted by Gasteiger charge is 2.03. The van der Waals surface area contributed by atoms with Crippen molar-refractivity contribution in [2.24, 2.45) is 0 Å². The summed E-state index contributed by atoms with van der Waals surface area (Å²) in [6.07, 6.45) is 0.934. The van der Waals surface area contributed by atoms with Crippen LogP contribution in [0.4, 0.5) is 0 Å². The van der Waals surface area contributed by atoms with Crippen LogP contribution in [0.25, 0.3) is 0 Å². The van der Waals surface area contributed by atoms with Gasteiger partial charge in [-0.2, -0.15) is 5.26 Å². The minimum atomic E-state index is 0.631. The molecule has 0 fully saturated rings. The van der Waals surface area contributed by atoms with Gasteiger partial charge in [-0.15, -0.1) is 0 Å². The highest BCUT2D eigenvalue weighted by atomic mass is 16.5. The Kier molecular flexibility index (Phi) is 8.40. The van der Waals surface area contributed by atoms with E-state index in [2.05, 4.69) is 11.4 Å². The number of nitrogens with one attached hydrogen (secondary N) is 1. The quantitative estimate of drug-likeness (QED) is 0.660. The van der Waals surface area contributed by atoms with Gasteiger partial charge in [-0.25, -0.2) is 0 Å². The van der Waals surface area contributed by atoms with E-state index in [-0.39, 0.29) is 0 Å². The molecule has 1 rings (SSSR count). The lowest BCUT2D eigenvalue weighted by Crippen LogP contribution is -2.17. The van der Waals surface area contributed by atoms with Crippen LogP contribution in [0.5, 0.6) is 5.75 Å². The number of rotatable bonds is 10. The molecule has 0 aliphatic carbocycles. The highest BCUT2D eigenvalue weighted by molar-refractivity contribution is 5.41. The van der Waals surface area contributed by atoms with Crippen molar-refractivity contribution in [1.29, 1.82) is 5.26 Å². The lowest BCUT2D eigenvalue weighted by atomic mass is 10.1. The van der Waals surface area contributed by atoms with E-state index in [0.29, 0.717) is 31.9 Å².